The highest BCUT2D eigenvalue weighted by Crippen LogP contribution is 2.19. The molecule has 108 valence electrons. The van der Waals surface area contributed by atoms with Gasteiger partial charge < -0.3 is 4.74 Å². The zero-order valence-corrected chi connectivity index (χ0v) is 12.3. The van der Waals surface area contributed by atoms with Gasteiger partial charge in [-0.1, -0.05) is 29.8 Å². The molecule has 0 spiro atoms. The highest BCUT2D eigenvalue weighted by molar-refractivity contribution is 6.29. The van der Waals surface area contributed by atoms with Crippen molar-refractivity contribution in [2.24, 2.45) is 5.10 Å². The molecule has 1 aliphatic rings. The molecule has 0 atom stereocenters. The molecule has 1 aliphatic heterocycles. The molecule has 0 saturated heterocycles. The van der Waals surface area contributed by atoms with Crippen molar-refractivity contribution in [2.75, 3.05) is 11.6 Å². The molecule has 0 aliphatic carbocycles. The van der Waals surface area contributed by atoms with E-state index in [0.717, 1.165) is 0 Å². The average molecular weight is 324 g/mol. The van der Waals surface area contributed by atoms with Crippen LogP contribution in [0.15, 0.2) is 53.8 Å². The predicted octanol–water partition coefficient (Wildman–Crippen LogP) is 2.88. The standard InChI is InChI=1S/C14H10ClN3O2.ClH/c15-12-8-10(6-7-16-12)14-17-18(13(19)9-20-14)11-4-2-1-3-5-11;/h1-8H,9H2;1H. The van der Waals surface area contributed by atoms with Gasteiger partial charge in [-0.3, -0.25) is 4.79 Å². The summed E-state index contributed by atoms with van der Waals surface area (Å²) >= 11 is 5.84. The van der Waals surface area contributed by atoms with Crippen molar-refractivity contribution >= 4 is 41.5 Å². The molecule has 2 heterocycles. The smallest absolute Gasteiger partial charge is 0.285 e. The first-order valence-electron chi connectivity index (χ1n) is 5.95. The monoisotopic (exact) mass is 323 g/mol. The van der Waals surface area contributed by atoms with E-state index in [-0.39, 0.29) is 24.9 Å². The summed E-state index contributed by atoms with van der Waals surface area (Å²) in [5, 5.41) is 5.91. The van der Waals surface area contributed by atoms with E-state index in [0.29, 0.717) is 22.3 Å². The molecule has 3 rings (SSSR count). The van der Waals surface area contributed by atoms with Crippen LogP contribution in [-0.4, -0.2) is 23.4 Å². The summed E-state index contributed by atoms with van der Waals surface area (Å²) in [7, 11) is 0. The van der Waals surface area contributed by atoms with Gasteiger partial charge in [0.1, 0.15) is 5.15 Å². The first-order valence-corrected chi connectivity index (χ1v) is 6.33. The molecule has 0 radical (unpaired) electrons. The Balaban J connectivity index is 0.00000161. The van der Waals surface area contributed by atoms with Gasteiger partial charge in [-0.25, -0.2) is 4.98 Å². The van der Waals surface area contributed by atoms with E-state index >= 15 is 0 Å². The number of para-hydroxylation sites is 1. The number of anilines is 1. The number of halogens is 2. The second kappa shape index (κ2) is 6.56. The maximum Gasteiger partial charge on any atom is 0.285 e. The van der Waals surface area contributed by atoms with Crippen LogP contribution < -0.4 is 5.01 Å². The third-order valence-electron chi connectivity index (χ3n) is 2.73. The fourth-order valence-corrected chi connectivity index (χ4v) is 1.99. The van der Waals surface area contributed by atoms with Crippen molar-refractivity contribution in [2.45, 2.75) is 0 Å². The summed E-state index contributed by atoms with van der Waals surface area (Å²) in [4.78, 5) is 15.8. The molecule has 7 heteroatoms. The fourth-order valence-electron chi connectivity index (χ4n) is 1.81. The van der Waals surface area contributed by atoms with Crippen LogP contribution in [0.5, 0.6) is 0 Å². The van der Waals surface area contributed by atoms with E-state index in [1.807, 2.05) is 30.3 Å². The van der Waals surface area contributed by atoms with Crippen molar-refractivity contribution in [3.05, 3.63) is 59.4 Å². The Labute approximate surface area is 132 Å². The minimum Gasteiger partial charge on any atom is -0.466 e. The van der Waals surface area contributed by atoms with E-state index in [1.165, 1.54) is 5.01 Å². The number of hydrogen-bond donors (Lipinski definition) is 0. The maximum absolute atomic E-state index is 11.9. The Morgan fingerprint density at radius 3 is 2.67 bits per heavy atom. The van der Waals surface area contributed by atoms with Gasteiger partial charge in [0.25, 0.3) is 5.91 Å². The molecule has 0 fully saturated rings. The van der Waals surface area contributed by atoms with Gasteiger partial charge in [-0.05, 0) is 24.3 Å². The fraction of sp³-hybridized carbons (Fsp3) is 0.0714. The number of aromatic nitrogens is 1. The molecule has 5 nitrogen and oxygen atoms in total. The number of carbonyl (C=O) groups is 1. The van der Waals surface area contributed by atoms with Gasteiger partial charge >= 0.3 is 0 Å². The molecule has 0 unspecified atom stereocenters. The van der Waals surface area contributed by atoms with Crippen molar-refractivity contribution in [3.8, 4) is 0 Å². The normalized spacial score (nSPS) is 14.0. The third-order valence-corrected chi connectivity index (χ3v) is 2.94. The lowest BCUT2D eigenvalue weighted by Crippen LogP contribution is -2.36. The van der Waals surface area contributed by atoms with Crippen LogP contribution in [-0.2, 0) is 9.53 Å². The van der Waals surface area contributed by atoms with Crippen LogP contribution in [0.3, 0.4) is 0 Å². The lowest BCUT2D eigenvalue weighted by molar-refractivity contribution is -0.121. The SMILES string of the molecule is Cl.O=C1COC(c2ccnc(Cl)c2)=NN1c1ccccc1. The summed E-state index contributed by atoms with van der Waals surface area (Å²) in [6.45, 7) is -0.0618. The lowest BCUT2D eigenvalue weighted by Gasteiger charge is -2.23. The van der Waals surface area contributed by atoms with Crippen molar-refractivity contribution in [1.29, 1.82) is 0 Å². The minimum atomic E-state index is -0.222. The van der Waals surface area contributed by atoms with Crippen LogP contribution in [0.4, 0.5) is 5.69 Å². The number of ether oxygens (including phenoxy) is 1. The van der Waals surface area contributed by atoms with Crippen molar-refractivity contribution in [1.82, 2.24) is 4.98 Å². The molecule has 1 aromatic heterocycles. The highest BCUT2D eigenvalue weighted by Gasteiger charge is 2.23. The molecule has 0 bridgehead atoms. The van der Waals surface area contributed by atoms with Gasteiger partial charge in [-0.15, -0.1) is 17.5 Å². The van der Waals surface area contributed by atoms with Gasteiger partial charge in [0, 0.05) is 11.8 Å². The summed E-state index contributed by atoms with van der Waals surface area (Å²) in [6, 6.07) is 12.5. The van der Waals surface area contributed by atoms with Crippen LogP contribution in [0, 0.1) is 0 Å². The molecular formula is C14H11Cl2N3O2. The van der Waals surface area contributed by atoms with Crippen molar-refractivity contribution < 1.29 is 9.53 Å². The summed E-state index contributed by atoms with van der Waals surface area (Å²) in [6.07, 6.45) is 1.56. The maximum atomic E-state index is 11.9. The summed E-state index contributed by atoms with van der Waals surface area (Å²) < 4.78 is 5.36. The van der Waals surface area contributed by atoms with Crippen LogP contribution in [0.1, 0.15) is 5.56 Å². The molecule has 1 aromatic carbocycles. The molecular weight excluding hydrogens is 313 g/mol. The van der Waals surface area contributed by atoms with Crippen LogP contribution >= 0.6 is 24.0 Å². The average Bonchev–Trinajstić information content (AvgIpc) is 2.48. The second-order valence-corrected chi connectivity index (χ2v) is 4.49. The largest absolute Gasteiger partial charge is 0.466 e. The number of hydrazone groups is 1. The number of carbonyl (C=O) groups excluding carboxylic acids is 1. The van der Waals surface area contributed by atoms with E-state index in [4.69, 9.17) is 16.3 Å². The molecule has 2 aromatic rings. The van der Waals surface area contributed by atoms with Crippen LogP contribution in [0.25, 0.3) is 0 Å². The quantitative estimate of drug-likeness (QED) is 0.798. The molecule has 0 saturated carbocycles. The van der Waals surface area contributed by atoms with E-state index in [2.05, 4.69) is 10.1 Å². The van der Waals surface area contributed by atoms with Gasteiger partial charge in [0.05, 0.1) is 5.69 Å². The number of benzene rings is 1. The number of pyridine rings is 1. The van der Waals surface area contributed by atoms with Gasteiger partial charge in [0.2, 0.25) is 5.90 Å². The van der Waals surface area contributed by atoms with Crippen molar-refractivity contribution in [3.63, 3.8) is 0 Å². The van der Waals surface area contributed by atoms with E-state index < -0.39 is 0 Å². The highest BCUT2D eigenvalue weighted by atomic mass is 35.5. The Morgan fingerprint density at radius 2 is 1.95 bits per heavy atom. The Kier molecular flexibility index (Phi) is 4.77. The third kappa shape index (κ3) is 3.32. The van der Waals surface area contributed by atoms with E-state index in [9.17, 15) is 4.79 Å². The van der Waals surface area contributed by atoms with E-state index in [1.54, 1.807) is 18.3 Å². The predicted molar refractivity (Wildman–Crippen MR) is 82.9 cm³/mol. The molecule has 0 N–H and O–H groups in total. The van der Waals surface area contributed by atoms with Gasteiger partial charge in [0.15, 0.2) is 6.61 Å². The first-order chi connectivity index (χ1) is 9.74. The summed E-state index contributed by atoms with van der Waals surface area (Å²) in [5.74, 6) is 0.123. The molecule has 1 amide bonds. The molecule has 21 heavy (non-hydrogen) atoms. The minimum absolute atomic E-state index is 0. The zero-order chi connectivity index (χ0) is 13.9. The Bertz CT molecular complexity index is 677. The Morgan fingerprint density at radius 1 is 1.19 bits per heavy atom. The lowest BCUT2D eigenvalue weighted by atomic mass is 10.2. The first kappa shape index (κ1) is 15.3. The second-order valence-electron chi connectivity index (χ2n) is 4.10. The number of amides is 1. The van der Waals surface area contributed by atoms with Crippen LogP contribution in [0.2, 0.25) is 5.15 Å². The number of hydrogen-bond acceptors (Lipinski definition) is 4. The van der Waals surface area contributed by atoms with Gasteiger partial charge in [-0.2, -0.15) is 5.01 Å². The topological polar surface area (TPSA) is 54.8 Å². The zero-order valence-electron chi connectivity index (χ0n) is 10.8. The number of rotatable bonds is 2. The Hall–Kier alpha value is -2.11. The number of nitrogens with zero attached hydrogens (tertiary/aromatic N) is 3. The summed E-state index contributed by atoms with van der Waals surface area (Å²) in [5.41, 5.74) is 1.37.